The number of urea groups is 1. The van der Waals surface area contributed by atoms with E-state index in [1.54, 1.807) is 11.9 Å². The molecule has 6 heteroatoms. The summed E-state index contributed by atoms with van der Waals surface area (Å²) in [5, 5.41) is 11.7. The Morgan fingerprint density at radius 2 is 2.06 bits per heavy atom. The zero-order chi connectivity index (χ0) is 13.9. The predicted molar refractivity (Wildman–Crippen MR) is 66.4 cm³/mol. The van der Waals surface area contributed by atoms with Crippen molar-refractivity contribution in [3.8, 4) is 0 Å². The number of carbonyl (C=O) groups excluding carboxylic acids is 1. The lowest BCUT2D eigenvalue weighted by Gasteiger charge is -2.35. The van der Waals surface area contributed by atoms with Crippen molar-refractivity contribution in [2.45, 2.75) is 38.8 Å². The summed E-state index contributed by atoms with van der Waals surface area (Å²) in [6.07, 6.45) is 0.820. The molecule has 2 N–H and O–H groups in total. The van der Waals surface area contributed by atoms with Crippen molar-refractivity contribution >= 4 is 12.0 Å². The Bertz CT molecular complexity index is 330. The molecule has 0 radical (unpaired) electrons. The minimum Gasteiger partial charge on any atom is -0.481 e. The van der Waals surface area contributed by atoms with E-state index in [4.69, 9.17) is 9.84 Å². The van der Waals surface area contributed by atoms with Gasteiger partial charge in [0, 0.05) is 12.6 Å². The van der Waals surface area contributed by atoms with Crippen LogP contribution in [0.3, 0.4) is 0 Å². The molecule has 1 aliphatic heterocycles. The number of ether oxygens (including phenoxy) is 1. The minimum atomic E-state index is -0.935. The molecule has 0 aromatic carbocycles. The second-order valence-corrected chi connectivity index (χ2v) is 5.26. The Labute approximate surface area is 107 Å². The van der Waals surface area contributed by atoms with Gasteiger partial charge in [-0.2, -0.15) is 0 Å². The summed E-state index contributed by atoms with van der Waals surface area (Å²) in [6.45, 7) is 6.34. The molecule has 0 aliphatic carbocycles. The van der Waals surface area contributed by atoms with Crippen LogP contribution in [-0.4, -0.2) is 53.8 Å². The number of rotatable bonds is 4. The van der Waals surface area contributed by atoms with E-state index in [1.165, 1.54) is 0 Å². The maximum absolute atomic E-state index is 12.0. The zero-order valence-electron chi connectivity index (χ0n) is 11.4. The number of aliphatic carboxylic acids is 1. The van der Waals surface area contributed by atoms with Gasteiger partial charge in [0.25, 0.3) is 0 Å². The Morgan fingerprint density at radius 1 is 1.44 bits per heavy atom. The van der Waals surface area contributed by atoms with Crippen LogP contribution in [0.2, 0.25) is 0 Å². The van der Waals surface area contributed by atoms with Gasteiger partial charge in [-0.3, -0.25) is 4.79 Å². The first kappa shape index (κ1) is 14.8. The van der Waals surface area contributed by atoms with E-state index in [2.05, 4.69) is 5.32 Å². The average Bonchev–Trinajstić information content (AvgIpc) is 2.76. The number of hydrogen-bond acceptors (Lipinski definition) is 3. The molecule has 2 unspecified atom stereocenters. The molecular formula is C12H22N2O4. The Hall–Kier alpha value is -1.30. The molecule has 2 atom stereocenters. The molecule has 0 aromatic heterocycles. The first-order valence-electron chi connectivity index (χ1n) is 6.14. The van der Waals surface area contributed by atoms with Gasteiger partial charge in [-0.05, 0) is 20.3 Å². The predicted octanol–water partition coefficient (Wildman–Crippen LogP) is 0.916. The lowest BCUT2D eigenvalue weighted by molar-refractivity contribution is -0.142. The van der Waals surface area contributed by atoms with E-state index in [9.17, 15) is 9.59 Å². The quantitative estimate of drug-likeness (QED) is 0.785. The summed E-state index contributed by atoms with van der Waals surface area (Å²) in [4.78, 5) is 24.6. The van der Waals surface area contributed by atoms with Gasteiger partial charge in [-0.1, -0.05) is 6.92 Å². The summed E-state index contributed by atoms with van der Waals surface area (Å²) >= 11 is 0. The zero-order valence-corrected chi connectivity index (χ0v) is 11.4. The monoisotopic (exact) mass is 258 g/mol. The largest absolute Gasteiger partial charge is 0.481 e. The van der Waals surface area contributed by atoms with Gasteiger partial charge in [0.15, 0.2) is 0 Å². The van der Waals surface area contributed by atoms with Crippen molar-refractivity contribution in [1.29, 1.82) is 0 Å². The number of nitrogens with zero attached hydrogens (tertiary/aromatic N) is 1. The average molecular weight is 258 g/mol. The number of carboxylic acid groups (broad SMARTS) is 1. The third kappa shape index (κ3) is 3.13. The van der Waals surface area contributed by atoms with Crippen molar-refractivity contribution in [2.75, 3.05) is 20.3 Å². The number of amides is 2. The maximum atomic E-state index is 12.0. The molecule has 18 heavy (non-hydrogen) atoms. The van der Waals surface area contributed by atoms with E-state index >= 15 is 0 Å². The highest BCUT2D eigenvalue weighted by molar-refractivity contribution is 5.77. The topological polar surface area (TPSA) is 78.9 Å². The normalized spacial score (nSPS) is 23.8. The van der Waals surface area contributed by atoms with Gasteiger partial charge >= 0.3 is 12.0 Å². The van der Waals surface area contributed by atoms with Crippen LogP contribution < -0.4 is 5.32 Å². The van der Waals surface area contributed by atoms with Crippen molar-refractivity contribution in [3.63, 3.8) is 0 Å². The molecule has 0 saturated carbocycles. The molecule has 0 spiro atoms. The van der Waals surface area contributed by atoms with Crippen molar-refractivity contribution in [2.24, 2.45) is 5.92 Å². The standard InChI is InChI=1S/C12H22N2O4/c1-5-12(2,3)14(4)11(17)13-9-7-18-6-8(9)10(15)16/h8-9H,5-7H2,1-4H3,(H,13,17)(H,15,16). The molecule has 1 aliphatic rings. The number of hydrogen-bond donors (Lipinski definition) is 2. The van der Waals surface area contributed by atoms with Gasteiger partial charge in [0.2, 0.25) is 0 Å². The lowest BCUT2D eigenvalue weighted by Crippen LogP contribution is -2.53. The van der Waals surface area contributed by atoms with Crippen LogP contribution in [0.5, 0.6) is 0 Å². The van der Waals surface area contributed by atoms with Gasteiger partial charge in [0.1, 0.15) is 5.92 Å². The van der Waals surface area contributed by atoms with Gasteiger partial charge < -0.3 is 20.1 Å². The van der Waals surface area contributed by atoms with Crippen molar-refractivity contribution in [3.05, 3.63) is 0 Å². The van der Waals surface area contributed by atoms with Gasteiger partial charge in [-0.15, -0.1) is 0 Å². The summed E-state index contributed by atoms with van der Waals surface area (Å²) in [5.74, 6) is -1.60. The molecule has 1 saturated heterocycles. The summed E-state index contributed by atoms with van der Waals surface area (Å²) in [5.41, 5.74) is -0.262. The SMILES string of the molecule is CCC(C)(C)N(C)C(=O)NC1COCC1C(=O)O. The molecule has 2 amide bonds. The van der Waals surface area contributed by atoms with Crippen molar-refractivity contribution in [1.82, 2.24) is 10.2 Å². The van der Waals surface area contributed by atoms with Gasteiger partial charge in [0.05, 0.1) is 19.3 Å². The fraction of sp³-hybridized carbons (Fsp3) is 0.833. The van der Waals surface area contributed by atoms with E-state index in [1.807, 2.05) is 20.8 Å². The van der Waals surface area contributed by atoms with Crippen LogP contribution >= 0.6 is 0 Å². The second kappa shape index (κ2) is 5.56. The Morgan fingerprint density at radius 3 is 2.56 bits per heavy atom. The maximum Gasteiger partial charge on any atom is 0.317 e. The highest BCUT2D eigenvalue weighted by atomic mass is 16.5. The third-order valence-corrected chi connectivity index (χ3v) is 3.78. The van der Waals surface area contributed by atoms with E-state index in [0.29, 0.717) is 0 Å². The van der Waals surface area contributed by atoms with E-state index in [-0.39, 0.29) is 24.8 Å². The lowest BCUT2D eigenvalue weighted by atomic mass is 10.00. The van der Waals surface area contributed by atoms with E-state index < -0.39 is 17.9 Å². The highest BCUT2D eigenvalue weighted by Gasteiger charge is 2.36. The summed E-state index contributed by atoms with van der Waals surface area (Å²) in [6, 6.07) is -0.714. The fourth-order valence-electron chi connectivity index (χ4n) is 1.71. The highest BCUT2D eigenvalue weighted by Crippen LogP contribution is 2.18. The van der Waals surface area contributed by atoms with Crippen LogP contribution in [0.15, 0.2) is 0 Å². The van der Waals surface area contributed by atoms with Crippen LogP contribution in [0.1, 0.15) is 27.2 Å². The van der Waals surface area contributed by atoms with Crippen LogP contribution in [-0.2, 0) is 9.53 Å². The molecule has 1 fully saturated rings. The smallest absolute Gasteiger partial charge is 0.317 e. The minimum absolute atomic E-state index is 0.154. The Kier molecular flexibility index (Phi) is 4.56. The summed E-state index contributed by atoms with van der Waals surface area (Å²) in [7, 11) is 1.71. The van der Waals surface area contributed by atoms with Gasteiger partial charge in [-0.25, -0.2) is 4.79 Å². The van der Waals surface area contributed by atoms with Crippen LogP contribution in [0.25, 0.3) is 0 Å². The molecule has 1 heterocycles. The third-order valence-electron chi connectivity index (χ3n) is 3.78. The van der Waals surface area contributed by atoms with Crippen LogP contribution in [0.4, 0.5) is 4.79 Å². The molecule has 6 nitrogen and oxygen atoms in total. The number of nitrogens with one attached hydrogen (secondary N) is 1. The molecule has 104 valence electrons. The number of carbonyl (C=O) groups is 2. The first-order chi connectivity index (χ1) is 8.29. The fourth-order valence-corrected chi connectivity index (χ4v) is 1.71. The first-order valence-corrected chi connectivity index (χ1v) is 6.14. The van der Waals surface area contributed by atoms with Crippen LogP contribution in [0, 0.1) is 5.92 Å². The number of carboxylic acids is 1. The molecule has 0 aromatic rings. The molecular weight excluding hydrogens is 236 g/mol. The molecule has 0 bridgehead atoms. The van der Waals surface area contributed by atoms with Crippen molar-refractivity contribution < 1.29 is 19.4 Å². The van der Waals surface area contributed by atoms with E-state index in [0.717, 1.165) is 6.42 Å². The Balaban J connectivity index is 2.62. The second-order valence-electron chi connectivity index (χ2n) is 5.26. The summed E-state index contributed by atoms with van der Waals surface area (Å²) < 4.78 is 5.11. The molecule has 1 rings (SSSR count).